The Bertz CT molecular complexity index is 264. The molecule has 0 spiro atoms. The second-order valence-electron chi connectivity index (χ2n) is 7.18. The van der Waals surface area contributed by atoms with E-state index < -0.39 is 0 Å². The van der Waals surface area contributed by atoms with Gasteiger partial charge in [0.1, 0.15) is 0 Å². The fraction of sp³-hybridized carbons (Fsp3) is 1.00. The fourth-order valence-corrected chi connectivity index (χ4v) is 4.24. The number of rotatable bonds is 9. The summed E-state index contributed by atoms with van der Waals surface area (Å²) in [6.07, 6.45) is 8.23. The lowest BCUT2D eigenvalue weighted by Crippen LogP contribution is -2.50. The molecule has 1 saturated carbocycles. The van der Waals surface area contributed by atoms with Gasteiger partial charge in [-0.25, -0.2) is 0 Å². The van der Waals surface area contributed by atoms with E-state index in [2.05, 4.69) is 23.6 Å². The van der Waals surface area contributed by atoms with Crippen LogP contribution in [0.25, 0.3) is 0 Å². The predicted molar refractivity (Wildman–Crippen MR) is 91.7 cm³/mol. The molecule has 0 aromatic rings. The molecule has 0 aromatic carbocycles. The lowest BCUT2D eigenvalue weighted by molar-refractivity contribution is 0.0821. The molecule has 0 N–H and O–H groups in total. The van der Waals surface area contributed by atoms with E-state index in [-0.39, 0.29) is 0 Å². The number of thiol groups is 1. The van der Waals surface area contributed by atoms with E-state index in [4.69, 9.17) is 12.6 Å². The van der Waals surface area contributed by atoms with Gasteiger partial charge >= 0.3 is 0 Å². The largest absolute Gasteiger partial charge is 0.301 e. The lowest BCUT2D eigenvalue weighted by Gasteiger charge is -2.41. The molecule has 2 fully saturated rings. The van der Waals surface area contributed by atoms with Crippen LogP contribution >= 0.6 is 12.6 Å². The molecule has 2 nitrogen and oxygen atoms in total. The normalized spacial score (nSPS) is 22.4. The minimum Gasteiger partial charge on any atom is -0.301 e. The molecule has 1 saturated heterocycles. The van der Waals surface area contributed by atoms with Crippen molar-refractivity contribution in [3.63, 3.8) is 0 Å². The van der Waals surface area contributed by atoms with E-state index in [9.17, 15) is 0 Å². The zero-order valence-corrected chi connectivity index (χ0v) is 14.5. The van der Waals surface area contributed by atoms with E-state index in [0.717, 1.165) is 11.7 Å². The van der Waals surface area contributed by atoms with Crippen LogP contribution in [0.4, 0.5) is 0 Å². The molecule has 1 aliphatic carbocycles. The van der Waals surface area contributed by atoms with Crippen LogP contribution in [0.1, 0.15) is 52.4 Å². The SMILES string of the molecule is CCCC(CS)(CCC)CN1CCN(CC2CC2)CC1. The minimum absolute atomic E-state index is 0.464. The Morgan fingerprint density at radius 2 is 1.50 bits per heavy atom. The van der Waals surface area contributed by atoms with Crippen molar-refractivity contribution in [3.8, 4) is 0 Å². The Kier molecular flexibility index (Phi) is 6.70. The molecule has 0 radical (unpaired) electrons. The first-order valence-electron chi connectivity index (χ1n) is 8.77. The molecule has 1 heterocycles. The molecule has 0 unspecified atom stereocenters. The summed E-state index contributed by atoms with van der Waals surface area (Å²) in [4.78, 5) is 5.40. The van der Waals surface area contributed by atoms with Gasteiger partial charge in [-0.15, -0.1) is 0 Å². The summed E-state index contributed by atoms with van der Waals surface area (Å²) in [6, 6.07) is 0. The third kappa shape index (κ3) is 4.92. The van der Waals surface area contributed by atoms with E-state index in [0.29, 0.717) is 5.41 Å². The molecular formula is C17H34N2S. The summed E-state index contributed by atoms with van der Waals surface area (Å²) in [5.41, 5.74) is 0.464. The molecule has 118 valence electrons. The van der Waals surface area contributed by atoms with Crippen molar-refractivity contribution in [2.75, 3.05) is 45.0 Å². The molecule has 0 bridgehead atoms. The second kappa shape index (κ2) is 8.05. The van der Waals surface area contributed by atoms with Crippen molar-refractivity contribution in [2.45, 2.75) is 52.4 Å². The van der Waals surface area contributed by atoms with E-state index >= 15 is 0 Å². The van der Waals surface area contributed by atoms with Crippen LogP contribution in [0.2, 0.25) is 0 Å². The van der Waals surface area contributed by atoms with Crippen molar-refractivity contribution in [1.29, 1.82) is 0 Å². The van der Waals surface area contributed by atoms with Crippen LogP contribution in [0.5, 0.6) is 0 Å². The summed E-state index contributed by atoms with van der Waals surface area (Å²) in [7, 11) is 0. The number of hydrogen-bond donors (Lipinski definition) is 1. The molecule has 3 heteroatoms. The highest BCUT2D eigenvalue weighted by Gasteiger charge is 2.32. The molecule has 20 heavy (non-hydrogen) atoms. The van der Waals surface area contributed by atoms with Crippen LogP contribution < -0.4 is 0 Å². The molecule has 1 aliphatic heterocycles. The summed E-state index contributed by atoms with van der Waals surface area (Å²) >= 11 is 4.70. The van der Waals surface area contributed by atoms with Crippen LogP contribution in [0, 0.1) is 11.3 Å². The van der Waals surface area contributed by atoms with Crippen LogP contribution in [-0.2, 0) is 0 Å². The predicted octanol–water partition coefficient (Wildman–Crippen LogP) is 3.53. The quantitative estimate of drug-likeness (QED) is 0.651. The Morgan fingerprint density at radius 3 is 1.95 bits per heavy atom. The third-order valence-corrected chi connectivity index (χ3v) is 5.80. The lowest BCUT2D eigenvalue weighted by atomic mass is 9.80. The Labute approximate surface area is 131 Å². The van der Waals surface area contributed by atoms with Crippen LogP contribution in [0.15, 0.2) is 0 Å². The maximum Gasteiger partial charge on any atom is 0.0110 e. The van der Waals surface area contributed by atoms with Crippen molar-refractivity contribution in [2.24, 2.45) is 11.3 Å². The van der Waals surface area contributed by atoms with Crippen molar-refractivity contribution in [3.05, 3.63) is 0 Å². The molecule has 2 rings (SSSR count). The fourth-order valence-electron chi connectivity index (χ4n) is 3.82. The Balaban J connectivity index is 1.78. The van der Waals surface area contributed by atoms with Crippen molar-refractivity contribution in [1.82, 2.24) is 9.80 Å². The van der Waals surface area contributed by atoms with E-state index in [1.165, 1.54) is 77.8 Å². The van der Waals surface area contributed by atoms with E-state index in [1.54, 1.807) is 0 Å². The standard InChI is InChI=1S/C17H34N2S/c1-3-7-17(15-20,8-4-2)14-19-11-9-18(10-12-19)13-16-5-6-16/h16,20H,3-15H2,1-2H3. The molecule has 0 amide bonds. The highest BCUT2D eigenvalue weighted by molar-refractivity contribution is 7.80. The summed E-state index contributed by atoms with van der Waals surface area (Å²) < 4.78 is 0. The van der Waals surface area contributed by atoms with Gasteiger partial charge in [0.25, 0.3) is 0 Å². The van der Waals surface area contributed by atoms with Gasteiger partial charge < -0.3 is 9.80 Å². The van der Waals surface area contributed by atoms with Crippen LogP contribution in [0.3, 0.4) is 0 Å². The number of hydrogen-bond acceptors (Lipinski definition) is 3. The van der Waals surface area contributed by atoms with Crippen molar-refractivity contribution < 1.29 is 0 Å². The maximum absolute atomic E-state index is 4.70. The maximum atomic E-state index is 4.70. The summed E-state index contributed by atoms with van der Waals surface area (Å²) in [5, 5.41) is 0. The van der Waals surface area contributed by atoms with Gasteiger partial charge in [-0.2, -0.15) is 12.6 Å². The van der Waals surface area contributed by atoms with Crippen LogP contribution in [-0.4, -0.2) is 54.8 Å². The van der Waals surface area contributed by atoms with Gasteiger partial charge in [0, 0.05) is 39.3 Å². The number of piperazine rings is 1. The summed E-state index contributed by atoms with van der Waals surface area (Å²) in [6.45, 7) is 12.4. The Hall–Kier alpha value is 0.270. The summed E-state index contributed by atoms with van der Waals surface area (Å²) in [5.74, 6) is 2.09. The molecular weight excluding hydrogens is 264 g/mol. The highest BCUT2D eigenvalue weighted by atomic mass is 32.1. The van der Waals surface area contributed by atoms with Gasteiger partial charge in [0.15, 0.2) is 0 Å². The number of nitrogens with zero attached hydrogens (tertiary/aromatic N) is 2. The monoisotopic (exact) mass is 298 g/mol. The topological polar surface area (TPSA) is 6.48 Å². The molecule has 0 aromatic heterocycles. The van der Waals surface area contributed by atoms with Gasteiger partial charge in [-0.1, -0.05) is 26.7 Å². The highest BCUT2D eigenvalue weighted by Crippen LogP contribution is 2.33. The smallest absolute Gasteiger partial charge is 0.0110 e. The average molecular weight is 299 g/mol. The van der Waals surface area contributed by atoms with Crippen molar-refractivity contribution >= 4 is 12.6 Å². The average Bonchev–Trinajstić information content (AvgIpc) is 3.25. The molecule has 0 atom stereocenters. The zero-order valence-electron chi connectivity index (χ0n) is 13.6. The first-order valence-corrected chi connectivity index (χ1v) is 9.40. The zero-order chi connectivity index (χ0) is 14.4. The van der Waals surface area contributed by atoms with Gasteiger partial charge in [-0.3, -0.25) is 0 Å². The second-order valence-corrected chi connectivity index (χ2v) is 7.49. The third-order valence-electron chi connectivity index (χ3n) is 5.13. The van der Waals surface area contributed by atoms with Gasteiger partial charge in [-0.05, 0) is 42.8 Å². The first-order chi connectivity index (χ1) is 9.71. The molecule has 2 aliphatic rings. The van der Waals surface area contributed by atoms with Gasteiger partial charge in [0.05, 0.1) is 0 Å². The van der Waals surface area contributed by atoms with E-state index in [1.807, 2.05) is 0 Å². The van der Waals surface area contributed by atoms with Gasteiger partial charge in [0.2, 0.25) is 0 Å². The Morgan fingerprint density at radius 1 is 0.950 bits per heavy atom. The minimum atomic E-state index is 0.464. The first kappa shape index (κ1) is 16.6.